The number of thiophene rings is 1. The van der Waals surface area contributed by atoms with Crippen LogP contribution in [-0.4, -0.2) is 6.26 Å². The largest absolute Gasteiger partial charge is 0.478 e. The maximum atomic E-state index is 9.49. The first-order valence-electron chi connectivity index (χ1n) is 7.14. The molecule has 2 nitrogen and oxygen atoms in total. The van der Waals surface area contributed by atoms with E-state index in [4.69, 9.17) is 4.74 Å². The standard InChI is InChI=1S/C19H15NOS2/c1-22-16-9-7-14(8-10-16)12-21-19-17(11-20)18(13-23-19)15-5-3-2-4-6-15/h2-10,13H,12H2,1H3. The molecule has 2 aromatic carbocycles. The molecule has 0 fully saturated rings. The fraction of sp³-hybridized carbons (Fsp3) is 0.105. The van der Waals surface area contributed by atoms with E-state index in [2.05, 4.69) is 36.6 Å². The quantitative estimate of drug-likeness (QED) is 0.569. The molecule has 0 N–H and O–H groups in total. The first kappa shape index (κ1) is 15.7. The average molecular weight is 337 g/mol. The van der Waals surface area contributed by atoms with Crippen molar-refractivity contribution in [3.05, 3.63) is 71.1 Å². The first-order chi connectivity index (χ1) is 11.3. The van der Waals surface area contributed by atoms with E-state index in [9.17, 15) is 5.26 Å². The molecule has 23 heavy (non-hydrogen) atoms. The van der Waals surface area contributed by atoms with Gasteiger partial charge in [0.05, 0.1) is 0 Å². The Balaban J connectivity index is 1.78. The second-order valence-electron chi connectivity index (χ2n) is 4.93. The Bertz CT molecular complexity index is 817. The molecular formula is C19H15NOS2. The van der Waals surface area contributed by atoms with Crippen LogP contribution in [0.15, 0.2) is 64.9 Å². The lowest BCUT2D eigenvalue weighted by Gasteiger charge is -2.06. The molecule has 0 spiro atoms. The number of hydrogen-bond donors (Lipinski definition) is 0. The zero-order valence-electron chi connectivity index (χ0n) is 12.7. The Hall–Kier alpha value is -2.22. The third-order valence-corrected chi connectivity index (χ3v) is 5.12. The Morgan fingerprint density at radius 2 is 1.83 bits per heavy atom. The van der Waals surface area contributed by atoms with Crippen LogP contribution in [0.25, 0.3) is 11.1 Å². The summed E-state index contributed by atoms with van der Waals surface area (Å²) in [5, 5.41) is 12.2. The highest BCUT2D eigenvalue weighted by Crippen LogP contribution is 2.37. The number of benzene rings is 2. The van der Waals surface area contributed by atoms with E-state index in [0.29, 0.717) is 17.2 Å². The summed E-state index contributed by atoms with van der Waals surface area (Å²) in [6, 6.07) is 20.5. The fourth-order valence-electron chi connectivity index (χ4n) is 2.25. The van der Waals surface area contributed by atoms with Gasteiger partial charge in [0.1, 0.15) is 18.2 Å². The van der Waals surface area contributed by atoms with E-state index < -0.39 is 0 Å². The summed E-state index contributed by atoms with van der Waals surface area (Å²) in [5.74, 6) is 0. The van der Waals surface area contributed by atoms with E-state index in [-0.39, 0.29) is 0 Å². The summed E-state index contributed by atoms with van der Waals surface area (Å²) < 4.78 is 5.88. The van der Waals surface area contributed by atoms with Crippen molar-refractivity contribution >= 4 is 23.1 Å². The molecule has 0 atom stereocenters. The van der Waals surface area contributed by atoms with E-state index in [1.54, 1.807) is 11.8 Å². The summed E-state index contributed by atoms with van der Waals surface area (Å²) in [4.78, 5) is 1.23. The van der Waals surface area contributed by atoms with Gasteiger partial charge in [-0.3, -0.25) is 0 Å². The highest BCUT2D eigenvalue weighted by Gasteiger charge is 2.14. The van der Waals surface area contributed by atoms with E-state index in [0.717, 1.165) is 16.7 Å². The lowest BCUT2D eigenvalue weighted by molar-refractivity contribution is 0.315. The van der Waals surface area contributed by atoms with Gasteiger partial charge in [0.25, 0.3) is 0 Å². The highest BCUT2D eigenvalue weighted by molar-refractivity contribution is 7.98. The number of thioether (sulfide) groups is 1. The Labute approximate surface area is 144 Å². The SMILES string of the molecule is CSc1ccc(COc2scc(-c3ccccc3)c2C#N)cc1. The molecule has 114 valence electrons. The molecule has 0 saturated heterocycles. The van der Waals surface area contributed by atoms with Crippen molar-refractivity contribution in [1.82, 2.24) is 0 Å². The van der Waals surface area contributed by atoms with Crippen LogP contribution in [0.3, 0.4) is 0 Å². The predicted octanol–water partition coefficient (Wildman–Crippen LogP) is 5.59. The van der Waals surface area contributed by atoms with Gasteiger partial charge in [-0.2, -0.15) is 5.26 Å². The molecule has 0 aliphatic carbocycles. The van der Waals surface area contributed by atoms with Crippen molar-refractivity contribution in [2.75, 3.05) is 6.26 Å². The third kappa shape index (κ3) is 3.58. The van der Waals surface area contributed by atoms with Crippen molar-refractivity contribution in [3.8, 4) is 22.3 Å². The van der Waals surface area contributed by atoms with Gasteiger partial charge >= 0.3 is 0 Å². The number of hydrogen-bond acceptors (Lipinski definition) is 4. The van der Waals surface area contributed by atoms with Crippen LogP contribution in [0.2, 0.25) is 0 Å². The second-order valence-corrected chi connectivity index (χ2v) is 6.65. The van der Waals surface area contributed by atoms with Gasteiger partial charge in [-0.15, -0.1) is 23.1 Å². The van der Waals surface area contributed by atoms with Crippen molar-refractivity contribution < 1.29 is 4.74 Å². The Morgan fingerprint density at radius 1 is 1.09 bits per heavy atom. The van der Waals surface area contributed by atoms with Gasteiger partial charge in [0, 0.05) is 15.8 Å². The highest BCUT2D eigenvalue weighted by atomic mass is 32.2. The molecule has 3 rings (SSSR count). The van der Waals surface area contributed by atoms with Crippen LogP contribution in [0.1, 0.15) is 11.1 Å². The van der Waals surface area contributed by atoms with Crippen LogP contribution in [-0.2, 0) is 6.61 Å². The number of nitriles is 1. The van der Waals surface area contributed by atoms with Crippen molar-refractivity contribution in [2.24, 2.45) is 0 Å². The van der Waals surface area contributed by atoms with E-state index in [1.807, 2.05) is 35.7 Å². The van der Waals surface area contributed by atoms with Gasteiger partial charge < -0.3 is 4.74 Å². The topological polar surface area (TPSA) is 33.0 Å². The summed E-state index contributed by atoms with van der Waals surface area (Å²) in [5.41, 5.74) is 3.69. The summed E-state index contributed by atoms with van der Waals surface area (Å²) in [6.07, 6.45) is 2.06. The predicted molar refractivity (Wildman–Crippen MR) is 97.0 cm³/mol. The molecule has 0 unspecified atom stereocenters. The molecule has 1 heterocycles. The third-order valence-electron chi connectivity index (χ3n) is 3.48. The van der Waals surface area contributed by atoms with Gasteiger partial charge in [-0.1, -0.05) is 42.5 Å². The smallest absolute Gasteiger partial charge is 0.192 e. The maximum absolute atomic E-state index is 9.49. The second kappa shape index (κ2) is 7.36. The molecule has 0 aliphatic heterocycles. The van der Waals surface area contributed by atoms with Crippen molar-refractivity contribution in [1.29, 1.82) is 5.26 Å². The van der Waals surface area contributed by atoms with Gasteiger partial charge in [0.2, 0.25) is 0 Å². The average Bonchev–Trinajstić information content (AvgIpc) is 3.04. The maximum Gasteiger partial charge on any atom is 0.192 e. The molecule has 0 saturated carbocycles. The monoisotopic (exact) mass is 337 g/mol. The number of ether oxygens (including phenoxy) is 1. The van der Waals surface area contributed by atoms with Crippen LogP contribution < -0.4 is 4.74 Å². The van der Waals surface area contributed by atoms with Gasteiger partial charge in [-0.05, 0) is 29.5 Å². The zero-order valence-corrected chi connectivity index (χ0v) is 14.3. The molecule has 0 amide bonds. The molecule has 0 bridgehead atoms. The first-order valence-corrected chi connectivity index (χ1v) is 9.25. The zero-order chi connectivity index (χ0) is 16.1. The van der Waals surface area contributed by atoms with Gasteiger partial charge in [-0.25, -0.2) is 0 Å². The summed E-state index contributed by atoms with van der Waals surface area (Å²) >= 11 is 3.19. The van der Waals surface area contributed by atoms with Crippen LogP contribution in [0.5, 0.6) is 5.06 Å². The molecule has 0 radical (unpaired) electrons. The fourth-order valence-corrected chi connectivity index (χ4v) is 3.54. The van der Waals surface area contributed by atoms with Crippen LogP contribution in [0, 0.1) is 11.3 Å². The minimum absolute atomic E-state index is 0.470. The Kier molecular flexibility index (Phi) is 5.02. The molecule has 4 heteroatoms. The minimum atomic E-state index is 0.470. The minimum Gasteiger partial charge on any atom is -0.478 e. The summed E-state index contributed by atoms with van der Waals surface area (Å²) in [7, 11) is 0. The number of nitrogens with zero attached hydrogens (tertiary/aromatic N) is 1. The summed E-state index contributed by atoms with van der Waals surface area (Å²) in [6.45, 7) is 0.470. The molecule has 0 aliphatic rings. The normalized spacial score (nSPS) is 10.3. The molecule has 3 aromatic rings. The Morgan fingerprint density at radius 3 is 2.48 bits per heavy atom. The van der Waals surface area contributed by atoms with E-state index >= 15 is 0 Å². The van der Waals surface area contributed by atoms with Crippen molar-refractivity contribution in [3.63, 3.8) is 0 Å². The molecule has 1 aromatic heterocycles. The van der Waals surface area contributed by atoms with Gasteiger partial charge in [0.15, 0.2) is 5.06 Å². The number of rotatable bonds is 5. The molecular weight excluding hydrogens is 322 g/mol. The van der Waals surface area contributed by atoms with Crippen LogP contribution >= 0.6 is 23.1 Å². The lowest BCUT2D eigenvalue weighted by atomic mass is 10.1. The van der Waals surface area contributed by atoms with Crippen molar-refractivity contribution in [2.45, 2.75) is 11.5 Å². The van der Waals surface area contributed by atoms with E-state index in [1.165, 1.54) is 16.2 Å². The van der Waals surface area contributed by atoms with Crippen LogP contribution in [0.4, 0.5) is 0 Å². The lowest BCUT2D eigenvalue weighted by Crippen LogP contribution is -1.95.